The van der Waals surface area contributed by atoms with Crippen molar-refractivity contribution in [2.24, 2.45) is 0 Å². The number of benzene rings is 1. The summed E-state index contributed by atoms with van der Waals surface area (Å²) >= 11 is 15.2. The Kier molecular flexibility index (Phi) is 6.77. The van der Waals surface area contributed by atoms with Crippen molar-refractivity contribution in [2.75, 3.05) is 5.32 Å². The smallest absolute Gasteiger partial charge is 0.263 e. The van der Waals surface area contributed by atoms with Crippen LogP contribution in [0.15, 0.2) is 40.8 Å². The first-order chi connectivity index (χ1) is 14.9. The van der Waals surface area contributed by atoms with Crippen LogP contribution in [0.3, 0.4) is 0 Å². The maximum atomic E-state index is 13.3. The Morgan fingerprint density at radius 1 is 1.35 bits per heavy atom. The third kappa shape index (κ3) is 4.42. The molecule has 3 aromatic rings. The second-order valence-electron chi connectivity index (χ2n) is 7.34. The minimum absolute atomic E-state index is 0.0615. The lowest BCUT2D eigenvalue weighted by molar-refractivity contribution is -0.115. The van der Waals surface area contributed by atoms with Gasteiger partial charge in [-0.05, 0) is 50.3 Å². The van der Waals surface area contributed by atoms with E-state index in [-0.39, 0.29) is 11.5 Å². The van der Waals surface area contributed by atoms with Crippen LogP contribution in [0.1, 0.15) is 30.2 Å². The number of nitrogens with zero attached hydrogens (tertiary/aromatic N) is 2. The van der Waals surface area contributed by atoms with Gasteiger partial charge >= 0.3 is 0 Å². The summed E-state index contributed by atoms with van der Waals surface area (Å²) in [6.45, 7) is 5.88. The molecule has 0 saturated carbocycles. The summed E-state index contributed by atoms with van der Waals surface area (Å²) < 4.78 is 1.61. The number of amides is 1. The number of hydrogen-bond acceptors (Lipinski definition) is 5. The Balaban J connectivity index is 1.67. The number of thiophene rings is 1. The standard InChI is InChI=1S/C22H21Cl2N3O2S2/c1-3-11-27-21(29)17-13-7-4-5-10-16(13)31-20(17)26-22(27)30-12(2)19(28)25-18-14(23)8-6-9-15(18)24/h3,6,8-9,12H,1,4-5,7,10-11H2,2H3,(H,25,28). The molecule has 0 aliphatic heterocycles. The molecule has 1 aliphatic rings. The number of thioether (sulfide) groups is 1. The monoisotopic (exact) mass is 493 g/mol. The van der Waals surface area contributed by atoms with Gasteiger partial charge in [0.05, 0.1) is 26.4 Å². The Morgan fingerprint density at radius 3 is 2.77 bits per heavy atom. The van der Waals surface area contributed by atoms with Crippen LogP contribution < -0.4 is 10.9 Å². The van der Waals surface area contributed by atoms with Crippen molar-refractivity contribution < 1.29 is 4.79 Å². The highest BCUT2D eigenvalue weighted by Gasteiger charge is 2.24. The summed E-state index contributed by atoms with van der Waals surface area (Å²) in [5, 5.41) is 4.22. The third-order valence-corrected chi connectivity index (χ3v) is 8.12. The van der Waals surface area contributed by atoms with Gasteiger partial charge in [0.2, 0.25) is 5.91 Å². The van der Waals surface area contributed by atoms with Crippen LogP contribution in [0.4, 0.5) is 5.69 Å². The van der Waals surface area contributed by atoms with Crippen molar-refractivity contribution in [1.29, 1.82) is 0 Å². The molecular weight excluding hydrogens is 473 g/mol. The molecule has 0 spiro atoms. The number of fused-ring (bicyclic) bond motifs is 3. The van der Waals surface area contributed by atoms with Crippen molar-refractivity contribution in [3.63, 3.8) is 0 Å². The number of anilines is 1. The maximum absolute atomic E-state index is 13.3. The molecule has 9 heteroatoms. The molecule has 1 aromatic carbocycles. The summed E-state index contributed by atoms with van der Waals surface area (Å²) in [6, 6.07) is 5.04. The molecule has 2 heterocycles. The molecule has 0 saturated heterocycles. The zero-order chi connectivity index (χ0) is 22.1. The normalized spacial score (nSPS) is 14.3. The maximum Gasteiger partial charge on any atom is 0.263 e. The van der Waals surface area contributed by atoms with Crippen LogP contribution in [0.5, 0.6) is 0 Å². The minimum Gasteiger partial charge on any atom is -0.323 e. The molecule has 31 heavy (non-hydrogen) atoms. The lowest BCUT2D eigenvalue weighted by atomic mass is 9.97. The largest absolute Gasteiger partial charge is 0.323 e. The van der Waals surface area contributed by atoms with Crippen LogP contribution in [-0.2, 0) is 24.2 Å². The Bertz CT molecular complexity index is 1220. The Morgan fingerprint density at radius 2 is 2.06 bits per heavy atom. The van der Waals surface area contributed by atoms with E-state index in [4.69, 9.17) is 28.2 Å². The van der Waals surface area contributed by atoms with E-state index in [1.165, 1.54) is 16.6 Å². The Hall–Kier alpha value is -1.80. The summed E-state index contributed by atoms with van der Waals surface area (Å²) in [6.07, 6.45) is 5.83. The second kappa shape index (κ2) is 9.36. The molecule has 1 atom stereocenters. The molecule has 1 aliphatic carbocycles. The van der Waals surface area contributed by atoms with Crippen molar-refractivity contribution in [3.05, 3.63) is 61.7 Å². The first-order valence-corrected chi connectivity index (χ1v) is 12.4. The average molecular weight is 494 g/mol. The van der Waals surface area contributed by atoms with Gasteiger partial charge in [-0.1, -0.05) is 47.1 Å². The molecule has 4 rings (SSSR count). The highest BCUT2D eigenvalue weighted by molar-refractivity contribution is 8.00. The number of halogens is 2. The highest BCUT2D eigenvalue weighted by Crippen LogP contribution is 2.36. The molecule has 1 unspecified atom stereocenters. The molecular formula is C22H21Cl2N3O2S2. The van der Waals surface area contributed by atoms with Gasteiger partial charge in [0, 0.05) is 11.4 Å². The molecule has 5 nitrogen and oxygen atoms in total. The van der Waals surface area contributed by atoms with Gasteiger partial charge in [0.25, 0.3) is 5.56 Å². The summed E-state index contributed by atoms with van der Waals surface area (Å²) in [5.74, 6) is -0.273. The van der Waals surface area contributed by atoms with Crippen molar-refractivity contribution in [3.8, 4) is 0 Å². The molecule has 1 N–H and O–H groups in total. The van der Waals surface area contributed by atoms with Gasteiger partial charge in [-0.3, -0.25) is 14.2 Å². The predicted molar refractivity (Wildman–Crippen MR) is 131 cm³/mol. The summed E-state index contributed by atoms with van der Waals surface area (Å²) in [5.41, 5.74) is 1.46. The number of carbonyl (C=O) groups is 1. The van der Waals surface area contributed by atoms with Crippen LogP contribution in [0, 0.1) is 0 Å². The fourth-order valence-electron chi connectivity index (χ4n) is 3.65. The zero-order valence-corrected chi connectivity index (χ0v) is 20.1. The third-order valence-electron chi connectivity index (χ3n) is 5.21. The first kappa shape index (κ1) is 22.4. The number of nitrogens with one attached hydrogen (secondary N) is 1. The lowest BCUT2D eigenvalue weighted by Crippen LogP contribution is -2.27. The fraction of sp³-hybridized carbons (Fsp3) is 0.318. The topological polar surface area (TPSA) is 64.0 Å². The average Bonchev–Trinajstić information content (AvgIpc) is 3.11. The quantitative estimate of drug-likeness (QED) is 0.261. The second-order valence-corrected chi connectivity index (χ2v) is 10.5. The van der Waals surface area contributed by atoms with E-state index in [2.05, 4.69) is 11.9 Å². The number of hydrogen-bond donors (Lipinski definition) is 1. The summed E-state index contributed by atoms with van der Waals surface area (Å²) in [7, 11) is 0. The van der Waals surface area contributed by atoms with Gasteiger partial charge < -0.3 is 5.32 Å². The van der Waals surface area contributed by atoms with Crippen LogP contribution in [0.25, 0.3) is 10.2 Å². The lowest BCUT2D eigenvalue weighted by Gasteiger charge is -2.16. The number of rotatable bonds is 6. The van der Waals surface area contributed by atoms with Gasteiger partial charge in [0.1, 0.15) is 4.83 Å². The van der Waals surface area contributed by atoms with E-state index in [0.717, 1.165) is 41.5 Å². The van der Waals surface area contributed by atoms with Crippen LogP contribution in [-0.4, -0.2) is 20.7 Å². The van der Waals surface area contributed by atoms with Crippen molar-refractivity contribution >= 4 is 68.1 Å². The van der Waals surface area contributed by atoms with E-state index in [9.17, 15) is 9.59 Å². The van der Waals surface area contributed by atoms with Crippen molar-refractivity contribution in [1.82, 2.24) is 9.55 Å². The SMILES string of the molecule is C=CCn1c(SC(C)C(=O)Nc2c(Cl)cccc2Cl)nc2sc3c(c2c1=O)CCCC3. The Labute approximate surface area is 198 Å². The van der Waals surface area contributed by atoms with Gasteiger partial charge in [-0.15, -0.1) is 17.9 Å². The highest BCUT2D eigenvalue weighted by atomic mass is 35.5. The summed E-state index contributed by atoms with van der Waals surface area (Å²) in [4.78, 5) is 33.0. The van der Waals surface area contributed by atoms with E-state index < -0.39 is 5.25 Å². The van der Waals surface area contributed by atoms with E-state index in [0.29, 0.717) is 27.4 Å². The van der Waals surface area contributed by atoms with E-state index >= 15 is 0 Å². The number of para-hydroxylation sites is 1. The van der Waals surface area contributed by atoms with Gasteiger partial charge in [0.15, 0.2) is 5.16 Å². The first-order valence-electron chi connectivity index (χ1n) is 9.98. The molecule has 2 aromatic heterocycles. The molecule has 0 radical (unpaired) electrons. The van der Waals surface area contributed by atoms with Crippen LogP contribution in [0.2, 0.25) is 10.0 Å². The van der Waals surface area contributed by atoms with Gasteiger partial charge in [-0.2, -0.15) is 0 Å². The molecule has 0 fully saturated rings. The zero-order valence-electron chi connectivity index (χ0n) is 16.9. The predicted octanol–water partition coefficient (Wildman–Crippen LogP) is 5.95. The number of carbonyl (C=O) groups excluding carboxylic acids is 1. The fourth-order valence-corrected chi connectivity index (χ4v) is 6.37. The molecule has 162 valence electrons. The molecule has 0 bridgehead atoms. The molecule has 1 amide bonds. The number of allylic oxidation sites excluding steroid dienone is 1. The van der Waals surface area contributed by atoms with Gasteiger partial charge in [-0.25, -0.2) is 4.98 Å². The number of aryl methyl sites for hydroxylation is 2. The van der Waals surface area contributed by atoms with Crippen LogP contribution >= 0.6 is 46.3 Å². The number of aromatic nitrogens is 2. The van der Waals surface area contributed by atoms with Crippen molar-refractivity contribution in [2.45, 2.75) is 49.6 Å². The van der Waals surface area contributed by atoms with E-state index in [1.54, 1.807) is 47.1 Å². The minimum atomic E-state index is -0.526. The van der Waals surface area contributed by atoms with E-state index in [1.807, 2.05) is 0 Å².